The average molecular weight is 374 g/mol. The van der Waals surface area contributed by atoms with Crippen LogP contribution in [0.5, 0.6) is 0 Å². The summed E-state index contributed by atoms with van der Waals surface area (Å²) in [5, 5.41) is 2.86. The van der Waals surface area contributed by atoms with Crippen molar-refractivity contribution in [2.45, 2.75) is 65.2 Å². The highest BCUT2D eigenvalue weighted by Gasteiger charge is 2.26. The molecule has 0 aromatic heterocycles. The van der Waals surface area contributed by atoms with E-state index in [9.17, 15) is 9.59 Å². The Morgan fingerprint density at radius 1 is 1.04 bits per heavy atom. The van der Waals surface area contributed by atoms with Crippen LogP contribution in [0.25, 0.3) is 0 Å². The first kappa shape index (κ1) is 22.9. The Morgan fingerprint density at radius 3 is 2.26 bits per heavy atom. The lowest BCUT2D eigenvalue weighted by Crippen LogP contribution is -2.37. The largest absolute Gasteiger partial charge is 0.369 e. The summed E-state index contributed by atoms with van der Waals surface area (Å²) < 4.78 is 0. The van der Waals surface area contributed by atoms with E-state index in [1.807, 2.05) is 30.3 Å². The van der Waals surface area contributed by atoms with Gasteiger partial charge in [0, 0.05) is 18.7 Å². The van der Waals surface area contributed by atoms with Crippen molar-refractivity contribution >= 4 is 18.2 Å². The minimum atomic E-state index is -0.379. The quantitative estimate of drug-likeness (QED) is 0.388. The summed E-state index contributed by atoms with van der Waals surface area (Å²) >= 11 is 0. The lowest BCUT2D eigenvalue weighted by atomic mass is 9.83. The molecule has 5 heteroatoms. The first-order valence-corrected chi connectivity index (χ1v) is 10.2. The third kappa shape index (κ3) is 9.92. The number of carbonyl (C=O) groups is 2. The van der Waals surface area contributed by atoms with Crippen molar-refractivity contribution in [1.82, 2.24) is 5.32 Å². The molecule has 0 radical (unpaired) electrons. The highest BCUT2D eigenvalue weighted by Crippen LogP contribution is 2.24. The van der Waals surface area contributed by atoms with Gasteiger partial charge in [-0.3, -0.25) is 4.79 Å². The number of nitrogens with one attached hydrogen (secondary N) is 1. The van der Waals surface area contributed by atoms with Crippen molar-refractivity contribution in [2.24, 2.45) is 22.6 Å². The van der Waals surface area contributed by atoms with E-state index in [0.717, 1.165) is 56.9 Å². The number of primary amides is 1. The second kappa shape index (κ2) is 14.0. The smallest absolute Gasteiger partial charge is 0.340 e. The number of urea groups is 1. The van der Waals surface area contributed by atoms with E-state index >= 15 is 0 Å². The number of unbranched alkanes of at least 4 members (excludes halogenated alkanes) is 4. The maximum Gasteiger partial charge on any atom is 0.340 e. The van der Waals surface area contributed by atoms with Crippen LogP contribution in [0.1, 0.15) is 70.8 Å². The van der Waals surface area contributed by atoms with Gasteiger partial charge in [-0.25, -0.2) is 9.79 Å². The van der Waals surface area contributed by atoms with Crippen LogP contribution in [-0.2, 0) is 4.79 Å². The third-order valence-corrected chi connectivity index (χ3v) is 4.88. The van der Waals surface area contributed by atoms with E-state index in [2.05, 4.69) is 24.2 Å². The summed E-state index contributed by atoms with van der Waals surface area (Å²) in [4.78, 5) is 28.0. The van der Waals surface area contributed by atoms with Gasteiger partial charge in [-0.1, -0.05) is 82.7 Å². The van der Waals surface area contributed by atoms with Gasteiger partial charge < -0.3 is 11.1 Å². The Kier molecular flexibility index (Phi) is 11.8. The molecule has 3 amide bonds. The normalized spacial score (nSPS) is 13.4. The van der Waals surface area contributed by atoms with Crippen molar-refractivity contribution in [1.29, 1.82) is 0 Å². The summed E-state index contributed by atoms with van der Waals surface area (Å²) in [5.74, 6) is -0.372. The zero-order valence-electron chi connectivity index (χ0n) is 16.8. The fourth-order valence-electron chi connectivity index (χ4n) is 3.26. The van der Waals surface area contributed by atoms with E-state index in [0.29, 0.717) is 6.54 Å². The lowest BCUT2D eigenvalue weighted by molar-refractivity contribution is -0.123. The fourth-order valence-corrected chi connectivity index (χ4v) is 3.26. The zero-order chi connectivity index (χ0) is 19.9. The highest BCUT2D eigenvalue weighted by molar-refractivity contribution is 5.91. The Bertz CT molecular complexity index is 572. The summed E-state index contributed by atoms with van der Waals surface area (Å²) in [7, 11) is 0. The van der Waals surface area contributed by atoms with Gasteiger partial charge in [-0.05, 0) is 24.3 Å². The van der Waals surface area contributed by atoms with Crippen LogP contribution >= 0.6 is 0 Å². The van der Waals surface area contributed by atoms with Gasteiger partial charge in [0.05, 0.1) is 0 Å². The molecule has 0 fully saturated rings. The number of amides is 3. The van der Waals surface area contributed by atoms with E-state index in [4.69, 9.17) is 5.73 Å². The molecule has 0 saturated heterocycles. The number of benzene rings is 1. The van der Waals surface area contributed by atoms with Crippen LogP contribution in [0.3, 0.4) is 0 Å². The molecule has 5 nitrogen and oxygen atoms in total. The molecule has 0 aliphatic rings. The molecule has 0 aliphatic carbocycles. The first-order chi connectivity index (χ1) is 13.1. The van der Waals surface area contributed by atoms with Gasteiger partial charge in [-0.15, -0.1) is 0 Å². The van der Waals surface area contributed by atoms with E-state index in [1.54, 1.807) is 6.21 Å². The van der Waals surface area contributed by atoms with Gasteiger partial charge in [0.15, 0.2) is 0 Å². The minimum absolute atomic E-state index is 0.0711. The average Bonchev–Trinajstić information content (AvgIpc) is 2.67. The molecule has 0 spiro atoms. The Labute approximate surface area is 163 Å². The van der Waals surface area contributed by atoms with Gasteiger partial charge in [0.25, 0.3) is 0 Å². The monoisotopic (exact) mass is 373 g/mol. The number of rotatable bonds is 13. The lowest BCUT2D eigenvalue weighted by Gasteiger charge is -2.25. The summed E-state index contributed by atoms with van der Waals surface area (Å²) in [6, 6.07) is 9.12. The zero-order valence-corrected chi connectivity index (χ0v) is 16.8. The molecule has 3 N–H and O–H groups in total. The van der Waals surface area contributed by atoms with Gasteiger partial charge in [0.1, 0.15) is 0 Å². The fraction of sp³-hybridized carbons (Fsp3) is 0.591. The molecule has 0 heterocycles. The van der Waals surface area contributed by atoms with E-state index < -0.39 is 0 Å². The second-order valence-electron chi connectivity index (χ2n) is 7.12. The second-order valence-corrected chi connectivity index (χ2v) is 7.12. The Hall–Kier alpha value is -2.17. The molecule has 1 aromatic carbocycles. The molecule has 1 rings (SSSR count). The molecule has 2 atom stereocenters. The van der Waals surface area contributed by atoms with Crippen molar-refractivity contribution in [3.63, 3.8) is 0 Å². The maximum atomic E-state index is 12.1. The highest BCUT2D eigenvalue weighted by atomic mass is 16.2. The molecule has 1 aromatic rings. The van der Waals surface area contributed by atoms with Crippen molar-refractivity contribution in [3.05, 3.63) is 35.9 Å². The molecule has 0 aliphatic heterocycles. The molecule has 1 unspecified atom stereocenters. The number of hydrogen-bond donors (Lipinski definition) is 2. The van der Waals surface area contributed by atoms with E-state index in [-0.39, 0.29) is 23.8 Å². The molecule has 0 bridgehead atoms. The SMILES string of the molecule is CCCCCC(C(N)=O)[C@H](CCCCC)CNC(=O)N=Cc1ccccc1. The van der Waals surface area contributed by atoms with Crippen LogP contribution in [-0.4, -0.2) is 24.7 Å². The number of carbonyl (C=O) groups excluding carboxylic acids is 2. The number of nitrogens with two attached hydrogens (primary N) is 1. The predicted molar refractivity (Wildman–Crippen MR) is 112 cm³/mol. The minimum Gasteiger partial charge on any atom is -0.369 e. The number of hydrogen-bond acceptors (Lipinski definition) is 2. The van der Waals surface area contributed by atoms with Gasteiger partial charge >= 0.3 is 6.03 Å². The van der Waals surface area contributed by atoms with Crippen LogP contribution in [0, 0.1) is 11.8 Å². The van der Waals surface area contributed by atoms with Crippen LogP contribution in [0.2, 0.25) is 0 Å². The summed E-state index contributed by atoms with van der Waals surface area (Å²) in [6.07, 6.45) is 9.73. The van der Waals surface area contributed by atoms with Crippen molar-refractivity contribution in [3.8, 4) is 0 Å². The molecule has 27 heavy (non-hydrogen) atoms. The standard InChI is InChI=1S/C22H35N3O2/c1-3-5-8-14-19(20(21(23)26)15-9-6-4-2)17-25-22(27)24-16-18-12-10-7-11-13-18/h7,10-13,16,19-20H,3-6,8-9,14-15,17H2,1-2H3,(H2,23,26)(H,25,27)/t19-,20?/m1/s1. The van der Waals surface area contributed by atoms with Crippen molar-refractivity contribution in [2.75, 3.05) is 6.54 Å². The number of aliphatic imine (C=N–C) groups is 1. The van der Waals surface area contributed by atoms with Crippen LogP contribution < -0.4 is 11.1 Å². The third-order valence-electron chi connectivity index (χ3n) is 4.88. The molecule has 0 saturated carbocycles. The van der Waals surface area contributed by atoms with Crippen molar-refractivity contribution < 1.29 is 9.59 Å². The first-order valence-electron chi connectivity index (χ1n) is 10.2. The van der Waals surface area contributed by atoms with Crippen LogP contribution in [0.15, 0.2) is 35.3 Å². The Morgan fingerprint density at radius 2 is 1.67 bits per heavy atom. The predicted octanol–water partition coefficient (Wildman–Crippen LogP) is 4.69. The topological polar surface area (TPSA) is 84.5 Å². The van der Waals surface area contributed by atoms with Gasteiger partial charge in [-0.2, -0.15) is 0 Å². The molecular weight excluding hydrogens is 338 g/mol. The number of nitrogens with zero attached hydrogens (tertiary/aromatic N) is 1. The molecular formula is C22H35N3O2. The maximum absolute atomic E-state index is 12.1. The summed E-state index contributed by atoms with van der Waals surface area (Å²) in [5.41, 5.74) is 6.56. The van der Waals surface area contributed by atoms with Crippen LogP contribution in [0.4, 0.5) is 4.79 Å². The van der Waals surface area contributed by atoms with E-state index in [1.165, 1.54) is 0 Å². The summed E-state index contributed by atoms with van der Waals surface area (Å²) in [6.45, 7) is 4.74. The Balaban J connectivity index is 2.64. The molecule has 150 valence electrons. The van der Waals surface area contributed by atoms with Gasteiger partial charge in [0.2, 0.25) is 5.91 Å².